The minimum absolute atomic E-state index is 0.376. The summed E-state index contributed by atoms with van der Waals surface area (Å²) in [5, 5.41) is 3.72. The van der Waals surface area contributed by atoms with Gasteiger partial charge in [-0.1, -0.05) is 53.4 Å². The molecule has 1 rings (SSSR count). The molecule has 1 fully saturated rings. The zero-order chi connectivity index (χ0) is 13.6. The Morgan fingerprint density at radius 2 is 1.67 bits per heavy atom. The number of rotatable bonds is 6. The molecule has 3 N–H and O–H groups in total. The number of nitrogens with two attached hydrogens (primary N) is 1. The van der Waals surface area contributed by atoms with Gasteiger partial charge in [-0.2, -0.15) is 0 Å². The molecule has 0 aromatic carbocycles. The van der Waals surface area contributed by atoms with Gasteiger partial charge in [0.05, 0.1) is 0 Å². The van der Waals surface area contributed by atoms with E-state index >= 15 is 0 Å². The van der Waals surface area contributed by atoms with Crippen LogP contribution in [-0.2, 0) is 0 Å². The highest BCUT2D eigenvalue weighted by Crippen LogP contribution is 2.34. The highest BCUT2D eigenvalue weighted by atomic mass is 14.9. The molecule has 0 atom stereocenters. The van der Waals surface area contributed by atoms with Crippen molar-refractivity contribution in [2.45, 2.75) is 66.2 Å². The van der Waals surface area contributed by atoms with Crippen molar-refractivity contribution in [3.05, 3.63) is 0 Å². The van der Waals surface area contributed by atoms with Crippen LogP contribution < -0.4 is 11.1 Å². The van der Waals surface area contributed by atoms with Gasteiger partial charge in [0, 0.05) is 13.1 Å². The molecule has 0 heterocycles. The van der Waals surface area contributed by atoms with Crippen molar-refractivity contribution in [2.24, 2.45) is 22.5 Å². The molecule has 108 valence electrons. The average Bonchev–Trinajstić information content (AvgIpc) is 2.55. The minimum atomic E-state index is 0.376. The van der Waals surface area contributed by atoms with Gasteiger partial charge >= 0.3 is 0 Å². The van der Waals surface area contributed by atoms with E-state index in [9.17, 15) is 0 Å². The highest BCUT2D eigenvalue weighted by molar-refractivity contribution is 4.86. The zero-order valence-electron chi connectivity index (χ0n) is 13.0. The van der Waals surface area contributed by atoms with Crippen LogP contribution in [0.15, 0.2) is 0 Å². The third-order valence-electron chi connectivity index (χ3n) is 5.24. The summed E-state index contributed by atoms with van der Waals surface area (Å²) in [4.78, 5) is 0. The van der Waals surface area contributed by atoms with E-state index in [1.165, 1.54) is 38.5 Å². The maximum atomic E-state index is 6.08. The molecule has 0 aliphatic heterocycles. The summed E-state index contributed by atoms with van der Waals surface area (Å²) in [5.41, 5.74) is 6.83. The van der Waals surface area contributed by atoms with E-state index in [-0.39, 0.29) is 0 Å². The molecule has 0 bridgehead atoms. The van der Waals surface area contributed by atoms with Crippen LogP contribution in [0.5, 0.6) is 0 Å². The Morgan fingerprint density at radius 1 is 1.11 bits per heavy atom. The summed E-state index contributed by atoms with van der Waals surface area (Å²) >= 11 is 0. The summed E-state index contributed by atoms with van der Waals surface area (Å²) in [5.74, 6) is 0.716. The van der Waals surface area contributed by atoms with Crippen LogP contribution in [-0.4, -0.2) is 19.6 Å². The summed E-state index contributed by atoms with van der Waals surface area (Å²) in [6.07, 6.45) is 8.18. The molecule has 0 aromatic heterocycles. The van der Waals surface area contributed by atoms with Crippen molar-refractivity contribution in [3.8, 4) is 0 Å². The maximum absolute atomic E-state index is 6.08. The lowest BCUT2D eigenvalue weighted by molar-refractivity contribution is 0.196. The van der Waals surface area contributed by atoms with Crippen molar-refractivity contribution < 1.29 is 0 Å². The van der Waals surface area contributed by atoms with Crippen LogP contribution in [0.4, 0.5) is 0 Å². The standard InChI is InChI=1S/C16H34N2/c1-14(2)15(3,4)12-18-13-16(11-17)9-7-5-6-8-10-16/h14,18H,5-13,17H2,1-4H3. The molecule has 1 saturated carbocycles. The van der Waals surface area contributed by atoms with Gasteiger partial charge in [-0.05, 0) is 36.1 Å². The highest BCUT2D eigenvalue weighted by Gasteiger charge is 2.30. The van der Waals surface area contributed by atoms with Gasteiger partial charge in [-0.3, -0.25) is 0 Å². The van der Waals surface area contributed by atoms with E-state index in [1.54, 1.807) is 0 Å². The molecule has 18 heavy (non-hydrogen) atoms. The Morgan fingerprint density at radius 3 is 2.11 bits per heavy atom. The van der Waals surface area contributed by atoms with E-state index in [0.29, 0.717) is 16.7 Å². The predicted molar refractivity (Wildman–Crippen MR) is 80.7 cm³/mol. The first-order valence-corrected chi connectivity index (χ1v) is 7.83. The number of nitrogens with one attached hydrogen (secondary N) is 1. The van der Waals surface area contributed by atoms with E-state index in [0.717, 1.165) is 19.6 Å². The van der Waals surface area contributed by atoms with Crippen LogP contribution >= 0.6 is 0 Å². The molecular weight excluding hydrogens is 220 g/mol. The van der Waals surface area contributed by atoms with Gasteiger partial charge in [-0.15, -0.1) is 0 Å². The fourth-order valence-corrected chi connectivity index (χ4v) is 2.79. The third kappa shape index (κ3) is 4.55. The Labute approximate surface area is 114 Å². The van der Waals surface area contributed by atoms with Crippen LogP contribution in [0.3, 0.4) is 0 Å². The minimum Gasteiger partial charge on any atom is -0.330 e. The van der Waals surface area contributed by atoms with Gasteiger partial charge in [0.2, 0.25) is 0 Å². The van der Waals surface area contributed by atoms with E-state index in [4.69, 9.17) is 5.73 Å². The van der Waals surface area contributed by atoms with Crippen LogP contribution in [0.25, 0.3) is 0 Å². The van der Waals surface area contributed by atoms with Gasteiger partial charge in [0.15, 0.2) is 0 Å². The SMILES string of the molecule is CC(C)C(C)(C)CNCC1(CN)CCCCCC1. The smallest absolute Gasteiger partial charge is 0.00201 e. The lowest BCUT2D eigenvalue weighted by atomic mass is 9.78. The second kappa shape index (κ2) is 6.91. The van der Waals surface area contributed by atoms with Gasteiger partial charge in [-0.25, -0.2) is 0 Å². The molecule has 0 aromatic rings. The van der Waals surface area contributed by atoms with Crippen molar-refractivity contribution in [1.29, 1.82) is 0 Å². The molecule has 0 radical (unpaired) electrons. The molecule has 1 aliphatic carbocycles. The third-order valence-corrected chi connectivity index (χ3v) is 5.24. The second-order valence-electron chi connectivity index (χ2n) is 7.37. The molecule has 2 nitrogen and oxygen atoms in total. The normalized spacial score (nSPS) is 21.0. The lowest BCUT2D eigenvalue weighted by Crippen LogP contribution is -2.43. The first kappa shape index (κ1) is 16.0. The van der Waals surface area contributed by atoms with Gasteiger partial charge in [0.25, 0.3) is 0 Å². The second-order valence-corrected chi connectivity index (χ2v) is 7.37. The van der Waals surface area contributed by atoms with Crippen LogP contribution in [0.1, 0.15) is 66.2 Å². The predicted octanol–water partition coefficient (Wildman–Crippen LogP) is 3.56. The molecule has 0 spiro atoms. The summed E-state index contributed by atoms with van der Waals surface area (Å²) < 4.78 is 0. The van der Waals surface area contributed by atoms with E-state index in [2.05, 4.69) is 33.0 Å². The molecule has 0 amide bonds. The largest absolute Gasteiger partial charge is 0.330 e. The van der Waals surface area contributed by atoms with Crippen molar-refractivity contribution in [3.63, 3.8) is 0 Å². The zero-order valence-corrected chi connectivity index (χ0v) is 13.0. The van der Waals surface area contributed by atoms with Crippen molar-refractivity contribution in [2.75, 3.05) is 19.6 Å². The Balaban J connectivity index is 2.43. The quantitative estimate of drug-likeness (QED) is 0.711. The van der Waals surface area contributed by atoms with Crippen LogP contribution in [0.2, 0.25) is 0 Å². The summed E-state index contributed by atoms with van der Waals surface area (Å²) in [6.45, 7) is 12.4. The van der Waals surface area contributed by atoms with E-state index < -0.39 is 0 Å². The van der Waals surface area contributed by atoms with Crippen LogP contribution in [0, 0.1) is 16.7 Å². The Hall–Kier alpha value is -0.0800. The maximum Gasteiger partial charge on any atom is 0.00201 e. The fourth-order valence-electron chi connectivity index (χ4n) is 2.79. The molecule has 0 unspecified atom stereocenters. The monoisotopic (exact) mass is 254 g/mol. The van der Waals surface area contributed by atoms with Gasteiger partial charge < -0.3 is 11.1 Å². The molecule has 0 saturated heterocycles. The summed E-state index contributed by atoms with van der Waals surface area (Å²) in [7, 11) is 0. The molecule has 1 aliphatic rings. The number of hydrogen-bond acceptors (Lipinski definition) is 2. The van der Waals surface area contributed by atoms with E-state index in [1.807, 2.05) is 0 Å². The Kier molecular flexibility index (Phi) is 6.13. The van der Waals surface area contributed by atoms with Crippen molar-refractivity contribution in [1.82, 2.24) is 5.32 Å². The molecular formula is C16H34N2. The Bertz CT molecular complexity index is 225. The first-order chi connectivity index (χ1) is 8.42. The lowest BCUT2D eigenvalue weighted by Gasteiger charge is -2.35. The average molecular weight is 254 g/mol. The fraction of sp³-hybridized carbons (Fsp3) is 1.00. The first-order valence-electron chi connectivity index (χ1n) is 7.83. The topological polar surface area (TPSA) is 38.0 Å². The van der Waals surface area contributed by atoms with Gasteiger partial charge in [0.1, 0.15) is 0 Å². The number of hydrogen-bond donors (Lipinski definition) is 2. The summed E-state index contributed by atoms with van der Waals surface area (Å²) in [6, 6.07) is 0. The molecule has 2 heteroatoms. The van der Waals surface area contributed by atoms with Crippen molar-refractivity contribution >= 4 is 0 Å².